The number of hydrogen-bond acceptors (Lipinski definition) is 2. The van der Waals surface area contributed by atoms with E-state index >= 15 is 0 Å². The first kappa shape index (κ1) is 11.9. The monoisotopic (exact) mass is 193 g/mol. The molecule has 3 nitrogen and oxygen atoms in total. The fourth-order valence-electron chi connectivity index (χ4n) is 0.868. The first-order chi connectivity index (χ1) is 5.42. The second-order valence-corrected chi connectivity index (χ2v) is 5.86. The minimum atomic E-state index is -3.02. The van der Waals surface area contributed by atoms with Gasteiger partial charge in [0.05, 0.1) is 5.25 Å². The van der Waals surface area contributed by atoms with E-state index in [9.17, 15) is 8.42 Å². The molecule has 0 heterocycles. The van der Waals surface area contributed by atoms with Crippen LogP contribution < -0.4 is 0 Å². The third-order valence-corrected chi connectivity index (χ3v) is 4.10. The van der Waals surface area contributed by atoms with E-state index in [-0.39, 0.29) is 5.25 Å². The van der Waals surface area contributed by atoms with Gasteiger partial charge in [-0.2, -0.15) is 0 Å². The highest BCUT2D eigenvalue weighted by atomic mass is 32.2. The number of nitrogens with zero attached hydrogens (tertiary/aromatic N) is 1. The van der Waals surface area contributed by atoms with Crippen LogP contribution in [0.2, 0.25) is 0 Å². The van der Waals surface area contributed by atoms with Crippen molar-refractivity contribution in [3.8, 4) is 0 Å². The summed E-state index contributed by atoms with van der Waals surface area (Å²) in [6.45, 7) is 6.10. The zero-order valence-electron chi connectivity index (χ0n) is 8.37. The van der Waals surface area contributed by atoms with Crippen molar-refractivity contribution in [2.24, 2.45) is 0 Å². The van der Waals surface area contributed by atoms with Crippen LogP contribution in [0.4, 0.5) is 0 Å². The molecule has 0 amide bonds. The van der Waals surface area contributed by atoms with Crippen LogP contribution >= 0.6 is 0 Å². The van der Waals surface area contributed by atoms with Crippen molar-refractivity contribution in [2.45, 2.75) is 38.9 Å². The summed E-state index contributed by atoms with van der Waals surface area (Å²) in [7, 11) is -1.37. The lowest BCUT2D eigenvalue weighted by molar-refractivity contribution is 0.453. The molecular formula is C8H19NO2S. The summed E-state index contributed by atoms with van der Waals surface area (Å²) in [4.78, 5) is 0. The summed E-state index contributed by atoms with van der Waals surface area (Å²) in [5, 5.41) is -0.306. The third-order valence-electron chi connectivity index (χ3n) is 1.86. The lowest BCUT2D eigenvalue weighted by Crippen LogP contribution is -2.33. The van der Waals surface area contributed by atoms with Crippen LogP contribution in [-0.4, -0.2) is 31.6 Å². The molecule has 0 spiro atoms. The Balaban J connectivity index is 4.17. The van der Waals surface area contributed by atoms with Crippen molar-refractivity contribution in [3.63, 3.8) is 0 Å². The second-order valence-electron chi connectivity index (χ2n) is 3.27. The van der Waals surface area contributed by atoms with Crippen molar-refractivity contribution in [1.29, 1.82) is 0 Å². The van der Waals surface area contributed by atoms with Crippen molar-refractivity contribution in [2.75, 3.05) is 13.6 Å². The highest BCUT2D eigenvalue weighted by Crippen LogP contribution is 2.06. The molecule has 74 valence electrons. The molecule has 0 atom stereocenters. The van der Waals surface area contributed by atoms with Crippen LogP contribution in [0, 0.1) is 0 Å². The van der Waals surface area contributed by atoms with Gasteiger partial charge in [-0.15, -0.1) is 0 Å². The molecule has 0 rings (SSSR count). The average Bonchev–Trinajstić information content (AvgIpc) is 1.99. The fourth-order valence-corrected chi connectivity index (χ4v) is 1.97. The fraction of sp³-hybridized carbons (Fsp3) is 1.00. The Labute approximate surface area is 75.8 Å². The number of rotatable bonds is 5. The average molecular weight is 193 g/mol. The van der Waals surface area contributed by atoms with E-state index in [0.717, 1.165) is 12.8 Å². The maximum atomic E-state index is 11.5. The highest BCUT2D eigenvalue weighted by Gasteiger charge is 2.20. The summed E-state index contributed by atoms with van der Waals surface area (Å²) >= 11 is 0. The van der Waals surface area contributed by atoms with Gasteiger partial charge in [0.2, 0.25) is 10.0 Å². The van der Waals surface area contributed by atoms with E-state index in [1.807, 2.05) is 0 Å². The Morgan fingerprint density at radius 1 is 1.33 bits per heavy atom. The van der Waals surface area contributed by atoms with Gasteiger partial charge >= 0.3 is 0 Å². The molecule has 0 aliphatic heterocycles. The van der Waals surface area contributed by atoms with E-state index in [0.29, 0.717) is 6.54 Å². The molecule has 12 heavy (non-hydrogen) atoms. The number of hydrogen-bond donors (Lipinski definition) is 0. The first-order valence-electron chi connectivity index (χ1n) is 4.38. The molecule has 0 aromatic heterocycles. The highest BCUT2D eigenvalue weighted by molar-refractivity contribution is 7.89. The quantitative estimate of drug-likeness (QED) is 0.663. The summed E-state index contributed by atoms with van der Waals surface area (Å²) < 4.78 is 24.4. The molecule has 0 aromatic carbocycles. The number of unbranched alkanes of at least 4 members (excludes halogenated alkanes) is 1. The zero-order chi connectivity index (χ0) is 9.78. The first-order valence-corrected chi connectivity index (χ1v) is 5.88. The smallest absolute Gasteiger partial charge is 0.212 e. The van der Waals surface area contributed by atoms with Gasteiger partial charge in [-0.25, -0.2) is 12.7 Å². The molecule has 0 fully saturated rings. The van der Waals surface area contributed by atoms with Crippen molar-refractivity contribution in [1.82, 2.24) is 4.31 Å². The molecule has 0 aliphatic carbocycles. The van der Waals surface area contributed by atoms with Crippen LogP contribution in [-0.2, 0) is 10.0 Å². The van der Waals surface area contributed by atoms with Gasteiger partial charge in [-0.05, 0) is 20.3 Å². The van der Waals surface area contributed by atoms with E-state index < -0.39 is 10.0 Å². The lowest BCUT2D eigenvalue weighted by Gasteiger charge is -2.18. The normalized spacial score (nSPS) is 12.8. The standard InChI is InChI=1S/C8H19NO2S/c1-5-6-7-9(4)12(10,11)8(2)3/h8H,5-7H2,1-4H3. The van der Waals surface area contributed by atoms with Gasteiger partial charge in [0.25, 0.3) is 0 Å². The van der Waals surface area contributed by atoms with Gasteiger partial charge in [0, 0.05) is 13.6 Å². The molecule has 0 radical (unpaired) electrons. The molecule has 4 heteroatoms. The molecule has 0 N–H and O–H groups in total. The largest absolute Gasteiger partial charge is 0.216 e. The van der Waals surface area contributed by atoms with Gasteiger partial charge in [0.15, 0.2) is 0 Å². The lowest BCUT2D eigenvalue weighted by atomic mass is 10.3. The summed E-state index contributed by atoms with van der Waals surface area (Å²) in [6, 6.07) is 0. The predicted molar refractivity (Wildman–Crippen MR) is 51.6 cm³/mol. The maximum Gasteiger partial charge on any atom is 0.216 e. The molecule has 0 aromatic rings. The van der Waals surface area contributed by atoms with Gasteiger partial charge < -0.3 is 0 Å². The Hall–Kier alpha value is -0.0900. The van der Waals surface area contributed by atoms with Crippen LogP contribution in [0.25, 0.3) is 0 Å². The SMILES string of the molecule is CCCCN(C)S(=O)(=O)C(C)C. The van der Waals surface area contributed by atoms with Crippen molar-refractivity contribution >= 4 is 10.0 Å². The Kier molecular flexibility index (Phi) is 4.78. The van der Waals surface area contributed by atoms with Crippen molar-refractivity contribution in [3.05, 3.63) is 0 Å². The molecule has 0 aliphatic rings. The Morgan fingerprint density at radius 3 is 2.17 bits per heavy atom. The Morgan fingerprint density at radius 2 is 1.83 bits per heavy atom. The Bertz CT molecular complexity index is 209. The van der Waals surface area contributed by atoms with Gasteiger partial charge in [-0.1, -0.05) is 13.3 Å². The maximum absolute atomic E-state index is 11.5. The minimum absolute atomic E-state index is 0.306. The summed E-state index contributed by atoms with van der Waals surface area (Å²) in [5.41, 5.74) is 0. The number of sulfonamides is 1. The van der Waals surface area contributed by atoms with E-state index in [2.05, 4.69) is 6.92 Å². The third kappa shape index (κ3) is 3.11. The molecule has 0 unspecified atom stereocenters. The molecular weight excluding hydrogens is 174 g/mol. The van der Waals surface area contributed by atoms with E-state index in [1.54, 1.807) is 20.9 Å². The zero-order valence-corrected chi connectivity index (χ0v) is 9.19. The summed E-state index contributed by atoms with van der Waals surface area (Å²) in [5.74, 6) is 0. The summed E-state index contributed by atoms with van der Waals surface area (Å²) in [6.07, 6.45) is 1.96. The second kappa shape index (κ2) is 4.82. The minimum Gasteiger partial charge on any atom is -0.212 e. The van der Waals surface area contributed by atoms with Crippen molar-refractivity contribution < 1.29 is 8.42 Å². The van der Waals surface area contributed by atoms with Crippen LogP contribution in [0.3, 0.4) is 0 Å². The molecule has 0 bridgehead atoms. The van der Waals surface area contributed by atoms with Crippen LogP contribution in [0.1, 0.15) is 33.6 Å². The predicted octanol–water partition coefficient (Wildman–Crippen LogP) is 1.46. The molecule has 0 saturated carbocycles. The van der Waals surface area contributed by atoms with E-state index in [4.69, 9.17) is 0 Å². The van der Waals surface area contributed by atoms with E-state index in [1.165, 1.54) is 4.31 Å². The van der Waals surface area contributed by atoms with Crippen LogP contribution in [0.15, 0.2) is 0 Å². The van der Waals surface area contributed by atoms with Crippen LogP contribution in [0.5, 0.6) is 0 Å². The molecule has 0 saturated heterocycles. The van der Waals surface area contributed by atoms with Gasteiger partial charge in [-0.3, -0.25) is 0 Å². The topological polar surface area (TPSA) is 37.4 Å². The van der Waals surface area contributed by atoms with Gasteiger partial charge in [0.1, 0.15) is 0 Å².